The Kier molecular flexibility index (Phi) is 4.51. The average molecular weight is 306 g/mol. The molecule has 4 nitrogen and oxygen atoms in total. The topological polar surface area (TPSA) is 43.6 Å². The summed E-state index contributed by atoms with van der Waals surface area (Å²) in [7, 11) is 0. The van der Waals surface area contributed by atoms with Crippen LogP contribution in [0, 0.1) is 6.92 Å². The van der Waals surface area contributed by atoms with Crippen molar-refractivity contribution >= 4 is 0 Å². The molecule has 2 aromatic heterocycles. The maximum atomic E-state index is 4.59. The molecule has 0 amide bonds. The van der Waals surface area contributed by atoms with Gasteiger partial charge in [0, 0.05) is 24.2 Å². The van der Waals surface area contributed by atoms with Gasteiger partial charge in [-0.05, 0) is 55.0 Å². The molecule has 0 radical (unpaired) electrons. The van der Waals surface area contributed by atoms with Crippen LogP contribution in [0.2, 0.25) is 0 Å². The zero-order valence-corrected chi connectivity index (χ0v) is 13.9. The molecule has 0 aliphatic carbocycles. The first-order chi connectivity index (χ1) is 11.2. The van der Waals surface area contributed by atoms with E-state index in [4.69, 9.17) is 0 Å². The Hall–Kier alpha value is -2.49. The minimum atomic E-state index is 0.513. The third-order valence-electron chi connectivity index (χ3n) is 4.32. The predicted molar refractivity (Wildman–Crippen MR) is 92.7 cm³/mol. The molecule has 3 aromatic rings. The van der Waals surface area contributed by atoms with Gasteiger partial charge in [-0.2, -0.15) is 5.10 Å². The summed E-state index contributed by atoms with van der Waals surface area (Å²) in [5.41, 5.74) is 5.72. The normalized spacial score (nSPS) is 11.1. The Morgan fingerprint density at radius 1 is 1.00 bits per heavy atom. The van der Waals surface area contributed by atoms with E-state index < -0.39 is 0 Å². The van der Waals surface area contributed by atoms with Gasteiger partial charge in [0.2, 0.25) is 0 Å². The van der Waals surface area contributed by atoms with Crippen molar-refractivity contribution in [3.63, 3.8) is 0 Å². The van der Waals surface area contributed by atoms with Crippen molar-refractivity contribution in [2.24, 2.45) is 0 Å². The largest absolute Gasteiger partial charge is 0.244 e. The number of hydrogen-bond acceptors (Lipinski definition) is 3. The summed E-state index contributed by atoms with van der Waals surface area (Å²) in [5.74, 6) is 0.513. The van der Waals surface area contributed by atoms with Crippen molar-refractivity contribution in [2.75, 3.05) is 0 Å². The van der Waals surface area contributed by atoms with Gasteiger partial charge in [-0.25, -0.2) is 14.6 Å². The van der Waals surface area contributed by atoms with E-state index in [0.717, 1.165) is 35.3 Å². The lowest BCUT2D eigenvalue weighted by Gasteiger charge is -2.19. The van der Waals surface area contributed by atoms with Crippen LogP contribution >= 0.6 is 0 Å². The van der Waals surface area contributed by atoms with Gasteiger partial charge in [0.15, 0.2) is 0 Å². The van der Waals surface area contributed by atoms with E-state index in [0.29, 0.717) is 5.92 Å². The lowest BCUT2D eigenvalue weighted by atomic mass is 9.90. The smallest absolute Gasteiger partial charge is 0.115 e. The van der Waals surface area contributed by atoms with E-state index in [1.807, 2.05) is 36.3 Å². The highest BCUT2D eigenvalue weighted by Crippen LogP contribution is 2.32. The van der Waals surface area contributed by atoms with Gasteiger partial charge in [-0.15, -0.1) is 0 Å². The zero-order valence-electron chi connectivity index (χ0n) is 13.9. The Balaban J connectivity index is 2.13. The molecule has 2 heterocycles. The van der Waals surface area contributed by atoms with E-state index in [1.54, 1.807) is 6.33 Å². The molecular formula is C19H22N4. The Morgan fingerprint density at radius 3 is 2.35 bits per heavy atom. The van der Waals surface area contributed by atoms with Crippen molar-refractivity contribution in [3.8, 4) is 16.8 Å². The molecule has 0 saturated heterocycles. The molecule has 1 aromatic carbocycles. The highest BCUT2D eigenvalue weighted by atomic mass is 15.3. The van der Waals surface area contributed by atoms with Crippen LogP contribution in [0.15, 0.2) is 49.2 Å². The zero-order chi connectivity index (χ0) is 16.2. The lowest BCUT2D eigenvalue weighted by molar-refractivity contribution is 0.634. The summed E-state index contributed by atoms with van der Waals surface area (Å²) in [6, 6.07) is 8.58. The molecule has 0 aliphatic rings. The third-order valence-corrected chi connectivity index (χ3v) is 4.32. The number of aryl methyl sites for hydroxylation is 1. The SMILES string of the molecule is CCC(CC)c1cc(-c2cncnc2)ccc1-n1ccc(C)n1. The van der Waals surface area contributed by atoms with Crippen molar-refractivity contribution in [1.29, 1.82) is 0 Å². The quantitative estimate of drug-likeness (QED) is 0.695. The van der Waals surface area contributed by atoms with E-state index in [-0.39, 0.29) is 0 Å². The van der Waals surface area contributed by atoms with Gasteiger partial charge in [-0.1, -0.05) is 19.9 Å². The number of rotatable bonds is 5. The van der Waals surface area contributed by atoms with Gasteiger partial charge in [-0.3, -0.25) is 0 Å². The number of aromatic nitrogens is 4. The summed E-state index contributed by atoms with van der Waals surface area (Å²) < 4.78 is 1.98. The molecule has 4 heteroatoms. The van der Waals surface area contributed by atoms with Crippen molar-refractivity contribution in [3.05, 3.63) is 60.4 Å². The molecule has 0 bridgehead atoms. The van der Waals surface area contributed by atoms with Crippen LogP contribution in [0.1, 0.15) is 43.9 Å². The standard InChI is InChI=1S/C19H22N4/c1-4-15(5-2)18-10-16(17-11-20-13-21-12-17)6-7-19(18)23-9-8-14(3)22-23/h6-13,15H,4-5H2,1-3H3. The minimum Gasteiger partial charge on any atom is -0.244 e. The molecule has 0 atom stereocenters. The van der Waals surface area contributed by atoms with Gasteiger partial charge >= 0.3 is 0 Å². The first kappa shape index (κ1) is 15.4. The maximum Gasteiger partial charge on any atom is 0.115 e. The number of benzene rings is 1. The highest BCUT2D eigenvalue weighted by Gasteiger charge is 2.15. The summed E-state index contributed by atoms with van der Waals surface area (Å²) in [4.78, 5) is 8.26. The Labute approximate surface area is 137 Å². The Bertz CT molecular complexity index is 773. The molecular weight excluding hydrogens is 284 g/mol. The fourth-order valence-electron chi connectivity index (χ4n) is 3.00. The maximum absolute atomic E-state index is 4.59. The monoisotopic (exact) mass is 306 g/mol. The van der Waals surface area contributed by atoms with Gasteiger partial charge < -0.3 is 0 Å². The molecule has 0 spiro atoms. The lowest BCUT2D eigenvalue weighted by Crippen LogP contribution is -2.05. The van der Waals surface area contributed by atoms with Crippen molar-refractivity contribution in [2.45, 2.75) is 39.5 Å². The second kappa shape index (κ2) is 6.73. The number of nitrogens with zero attached hydrogens (tertiary/aromatic N) is 4. The molecule has 23 heavy (non-hydrogen) atoms. The van der Waals surface area contributed by atoms with Gasteiger partial charge in [0.1, 0.15) is 6.33 Å². The van der Waals surface area contributed by atoms with Crippen LogP contribution in [0.25, 0.3) is 16.8 Å². The van der Waals surface area contributed by atoms with Crippen LogP contribution in [0.3, 0.4) is 0 Å². The fraction of sp³-hybridized carbons (Fsp3) is 0.316. The van der Waals surface area contributed by atoms with Crippen LogP contribution < -0.4 is 0 Å². The molecule has 118 valence electrons. The summed E-state index contributed by atoms with van der Waals surface area (Å²) in [5, 5.41) is 4.59. The molecule has 3 rings (SSSR count). The van der Waals surface area contributed by atoms with Crippen LogP contribution in [0.4, 0.5) is 0 Å². The molecule has 0 unspecified atom stereocenters. The Morgan fingerprint density at radius 2 is 1.74 bits per heavy atom. The van der Waals surface area contributed by atoms with Crippen LogP contribution in [-0.4, -0.2) is 19.7 Å². The van der Waals surface area contributed by atoms with Crippen molar-refractivity contribution < 1.29 is 0 Å². The van der Waals surface area contributed by atoms with Crippen molar-refractivity contribution in [1.82, 2.24) is 19.7 Å². The van der Waals surface area contributed by atoms with Gasteiger partial charge in [0.05, 0.1) is 11.4 Å². The van der Waals surface area contributed by atoms with E-state index in [1.165, 1.54) is 5.56 Å². The second-order valence-electron chi connectivity index (χ2n) is 5.82. The predicted octanol–water partition coefficient (Wildman–Crippen LogP) is 4.54. The summed E-state index contributed by atoms with van der Waals surface area (Å²) >= 11 is 0. The van der Waals surface area contributed by atoms with Crippen LogP contribution in [-0.2, 0) is 0 Å². The molecule has 0 aliphatic heterocycles. The van der Waals surface area contributed by atoms with E-state index in [9.17, 15) is 0 Å². The molecule has 0 N–H and O–H groups in total. The summed E-state index contributed by atoms with van der Waals surface area (Å²) in [6.07, 6.45) is 9.53. The highest BCUT2D eigenvalue weighted by molar-refractivity contribution is 5.65. The first-order valence-corrected chi connectivity index (χ1v) is 8.14. The third kappa shape index (κ3) is 3.16. The molecule has 0 fully saturated rings. The summed E-state index contributed by atoms with van der Waals surface area (Å²) in [6.45, 7) is 6.50. The second-order valence-corrected chi connectivity index (χ2v) is 5.82. The fourth-order valence-corrected chi connectivity index (χ4v) is 3.00. The minimum absolute atomic E-state index is 0.513. The van der Waals surface area contributed by atoms with E-state index in [2.05, 4.69) is 47.1 Å². The van der Waals surface area contributed by atoms with Crippen LogP contribution in [0.5, 0.6) is 0 Å². The average Bonchev–Trinajstić information content (AvgIpc) is 3.03. The molecule has 0 saturated carbocycles. The number of hydrogen-bond donors (Lipinski definition) is 0. The van der Waals surface area contributed by atoms with E-state index >= 15 is 0 Å². The first-order valence-electron chi connectivity index (χ1n) is 8.14. The van der Waals surface area contributed by atoms with Gasteiger partial charge in [0.25, 0.3) is 0 Å².